The van der Waals surface area contributed by atoms with Gasteiger partial charge in [-0.15, -0.1) is 11.3 Å². The van der Waals surface area contributed by atoms with Gasteiger partial charge in [0, 0.05) is 10.4 Å². The van der Waals surface area contributed by atoms with Crippen molar-refractivity contribution in [3.05, 3.63) is 75.7 Å². The number of hydrogen-bond acceptors (Lipinski definition) is 8. The van der Waals surface area contributed by atoms with Crippen molar-refractivity contribution in [1.82, 2.24) is 5.43 Å². The van der Waals surface area contributed by atoms with Crippen molar-refractivity contribution in [3.8, 4) is 11.5 Å². The Hall–Kier alpha value is -4.18. The van der Waals surface area contributed by atoms with Crippen LogP contribution in [0.15, 0.2) is 53.6 Å². The van der Waals surface area contributed by atoms with Crippen molar-refractivity contribution >= 4 is 39.8 Å². The molecule has 0 radical (unpaired) electrons. The summed E-state index contributed by atoms with van der Waals surface area (Å²) >= 11 is 1.30. The molecule has 2 amide bonds. The molecule has 0 bridgehead atoms. The van der Waals surface area contributed by atoms with Crippen LogP contribution >= 0.6 is 11.3 Å². The maximum atomic E-state index is 12.6. The van der Waals surface area contributed by atoms with Crippen LogP contribution in [0.1, 0.15) is 52.2 Å². The Morgan fingerprint density at radius 2 is 1.82 bits per heavy atom. The standard InChI is InChI=1S/C28H29N3O6S/c1-4-36-28(34)24-20-11-8-12-23(20)38-27(24)29-25(32)26(33)31-30-17(2)19-13-14-21(22(15-19)35-3)37-16-18-9-6-5-7-10-18/h5-7,9-10,13-15H,4,8,11-12,16H2,1-3H3,(H,29,32)(H,31,33)/b30-17+. The molecule has 1 aliphatic carbocycles. The lowest BCUT2D eigenvalue weighted by Gasteiger charge is -2.12. The number of esters is 1. The minimum Gasteiger partial charge on any atom is -0.493 e. The summed E-state index contributed by atoms with van der Waals surface area (Å²) in [6, 6.07) is 15.1. The Kier molecular flexibility index (Phi) is 8.75. The summed E-state index contributed by atoms with van der Waals surface area (Å²) in [4.78, 5) is 38.6. The number of aryl methyl sites for hydroxylation is 1. The molecule has 0 fully saturated rings. The highest BCUT2D eigenvalue weighted by molar-refractivity contribution is 7.17. The van der Waals surface area contributed by atoms with Gasteiger partial charge in [0.05, 0.1) is 25.0 Å². The van der Waals surface area contributed by atoms with Crippen molar-refractivity contribution in [2.75, 3.05) is 19.0 Å². The number of anilines is 1. The van der Waals surface area contributed by atoms with Gasteiger partial charge in [-0.1, -0.05) is 30.3 Å². The van der Waals surface area contributed by atoms with Crippen LogP contribution in [-0.4, -0.2) is 37.2 Å². The van der Waals surface area contributed by atoms with Crippen LogP contribution in [0.25, 0.3) is 0 Å². The van der Waals surface area contributed by atoms with Crippen molar-refractivity contribution in [1.29, 1.82) is 0 Å². The Morgan fingerprint density at radius 1 is 1.03 bits per heavy atom. The van der Waals surface area contributed by atoms with E-state index in [1.807, 2.05) is 30.3 Å². The smallest absolute Gasteiger partial charge is 0.341 e. The molecule has 2 aromatic carbocycles. The zero-order chi connectivity index (χ0) is 27.1. The summed E-state index contributed by atoms with van der Waals surface area (Å²) < 4.78 is 16.5. The van der Waals surface area contributed by atoms with E-state index in [0.717, 1.165) is 35.3 Å². The van der Waals surface area contributed by atoms with E-state index in [-0.39, 0.29) is 6.61 Å². The van der Waals surface area contributed by atoms with Crippen LogP contribution in [-0.2, 0) is 33.8 Å². The highest BCUT2D eigenvalue weighted by Gasteiger charge is 2.29. The van der Waals surface area contributed by atoms with Crippen LogP contribution in [0.4, 0.5) is 5.00 Å². The molecule has 198 valence electrons. The minimum absolute atomic E-state index is 0.218. The maximum Gasteiger partial charge on any atom is 0.341 e. The molecule has 1 aromatic heterocycles. The van der Waals surface area contributed by atoms with E-state index < -0.39 is 17.8 Å². The number of hydrogen-bond donors (Lipinski definition) is 2. The lowest BCUT2D eigenvalue weighted by molar-refractivity contribution is -0.136. The van der Waals surface area contributed by atoms with Gasteiger partial charge in [-0.05, 0) is 62.4 Å². The largest absolute Gasteiger partial charge is 0.493 e. The summed E-state index contributed by atoms with van der Waals surface area (Å²) in [6.45, 7) is 4.02. The Labute approximate surface area is 224 Å². The lowest BCUT2D eigenvalue weighted by Crippen LogP contribution is -2.33. The third kappa shape index (κ3) is 6.20. The maximum absolute atomic E-state index is 12.6. The van der Waals surface area contributed by atoms with Crippen LogP contribution in [0.5, 0.6) is 11.5 Å². The molecule has 0 saturated carbocycles. The van der Waals surface area contributed by atoms with Crippen molar-refractivity contribution in [2.45, 2.75) is 39.7 Å². The molecule has 1 aliphatic rings. The molecule has 38 heavy (non-hydrogen) atoms. The zero-order valence-corrected chi connectivity index (χ0v) is 22.3. The second kappa shape index (κ2) is 12.4. The molecule has 0 atom stereocenters. The number of nitrogens with one attached hydrogen (secondary N) is 2. The first-order valence-electron chi connectivity index (χ1n) is 12.2. The first-order valence-corrected chi connectivity index (χ1v) is 13.0. The third-order valence-corrected chi connectivity index (χ3v) is 7.19. The first-order chi connectivity index (χ1) is 18.4. The first kappa shape index (κ1) is 26.9. The van der Waals surface area contributed by atoms with Gasteiger partial charge < -0.3 is 19.5 Å². The lowest BCUT2D eigenvalue weighted by atomic mass is 10.1. The van der Waals surface area contributed by atoms with Gasteiger partial charge in [0.1, 0.15) is 11.6 Å². The van der Waals surface area contributed by atoms with E-state index in [1.54, 1.807) is 32.0 Å². The SMILES string of the molecule is CCOC(=O)c1c(NC(=O)C(=O)N/N=C(\C)c2ccc(OCc3ccccc3)c(OC)c2)sc2c1CCC2. The average Bonchev–Trinajstić information content (AvgIpc) is 3.51. The van der Waals surface area contributed by atoms with Gasteiger partial charge in [-0.25, -0.2) is 10.2 Å². The fourth-order valence-electron chi connectivity index (χ4n) is 4.07. The second-order valence-electron chi connectivity index (χ2n) is 8.51. The predicted octanol–water partition coefficient (Wildman–Crippen LogP) is 4.48. The number of carbonyl (C=O) groups is 3. The topological polar surface area (TPSA) is 115 Å². The van der Waals surface area contributed by atoms with E-state index in [2.05, 4.69) is 15.8 Å². The van der Waals surface area contributed by atoms with E-state index in [0.29, 0.717) is 39.9 Å². The molecule has 3 aromatic rings. The van der Waals surface area contributed by atoms with Crippen molar-refractivity contribution in [3.63, 3.8) is 0 Å². The monoisotopic (exact) mass is 535 g/mol. The summed E-state index contributed by atoms with van der Waals surface area (Å²) in [5.74, 6) is -1.30. The molecule has 0 unspecified atom stereocenters. The number of amides is 2. The number of carbonyl (C=O) groups excluding carboxylic acids is 3. The summed E-state index contributed by atoms with van der Waals surface area (Å²) in [5.41, 5.74) is 5.67. The quantitative estimate of drug-likeness (QED) is 0.181. The van der Waals surface area contributed by atoms with E-state index in [9.17, 15) is 14.4 Å². The number of ether oxygens (including phenoxy) is 3. The Morgan fingerprint density at radius 3 is 2.55 bits per heavy atom. The fourth-order valence-corrected chi connectivity index (χ4v) is 5.34. The molecule has 10 heteroatoms. The Bertz CT molecular complexity index is 1370. The third-order valence-electron chi connectivity index (χ3n) is 5.98. The van der Waals surface area contributed by atoms with Crippen LogP contribution < -0.4 is 20.2 Å². The number of benzene rings is 2. The van der Waals surface area contributed by atoms with Gasteiger partial charge in [-0.3, -0.25) is 9.59 Å². The van der Waals surface area contributed by atoms with Gasteiger partial charge in [0.2, 0.25) is 0 Å². The molecule has 2 N–H and O–H groups in total. The number of methoxy groups -OCH3 is 1. The summed E-state index contributed by atoms with van der Waals surface area (Å²) in [7, 11) is 1.54. The zero-order valence-electron chi connectivity index (χ0n) is 21.5. The molecule has 4 rings (SSSR count). The highest BCUT2D eigenvalue weighted by Crippen LogP contribution is 2.39. The summed E-state index contributed by atoms with van der Waals surface area (Å²) in [5, 5.41) is 6.95. The number of thiophene rings is 1. The van der Waals surface area contributed by atoms with Crippen LogP contribution in [0.2, 0.25) is 0 Å². The molecule has 1 heterocycles. The van der Waals surface area contributed by atoms with Gasteiger partial charge in [-0.2, -0.15) is 5.10 Å². The van der Waals surface area contributed by atoms with E-state index in [1.165, 1.54) is 18.4 Å². The van der Waals surface area contributed by atoms with Crippen molar-refractivity contribution < 1.29 is 28.6 Å². The van der Waals surface area contributed by atoms with Crippen LogP contribution in [0.3, 0.4) is 0 Å². The molecule has 0 aliphatic heterocycles. The Balaban J connectivity index is 1.40. The van der Waals surface area contributed by atoms with E-state index >= 15 is 0 Å². The number of hydrazone groups is 1. The number of rotatable bonds is 9. The summed E-state index contributed by atoms with van der Waals surface area (Å²) in [6.07, 6.45) is 2.52. The second-order valence-corrected chi connectivity index (χ2v) is 9.62. The highest BCUT2D eigenvalue weighted by atomic mass is 32.1. The fraction of sp³-hybridized carbons (Fsp3) is 0.286. The number of nitrogens with zero attached hydrogens (tertiary/aromatic N) is 1. The molecule has 0 spiro atoms. The average molecular weight is 536 g/mol. The van der Waals surface area contributed by atoms with Gasteiger partial charge in [0.25, 0.3) is 0 Å². The number of fused-ring (bicyclic) bond motifs is 1. The van der Waals surface area contributed by atoms with Gasteiger partial charge in [0.15, 0.2) is 11.5 Å². The van der Waals surface area contributed by atoms with E-state index in [4.69, 9.17) is 14.2 Å². The minimum atomic E-state index is -0.956. The molecular weight excluding hydrogens is 506 g/mol. The van der Waals surface area contributed by atoms with Crippen molar-refractivity contribution in [2.24, 2.45) is 5.10 Å². The molecular formula is C28H29N3O6S. The molecule has 9 nitrogen and oxygen atoms in total. The van der Waals surface area contributed by atoms with Gasteiger partial charge >= 0.3 is 17.8 Å². The predicted molar refractivity (Wildman–Crippen MR) is 145 cm³/mol. The van der Waals surface area contributed by atoms with Crippen LogP contribution in [0, 0.1) is 0 Å². The normalized spacial score (nSPS) is 12.4. The molecule has 0 saturated heterocycles.